The summed E-state index contributed by atoms with van der Waals surface area (Å²) in [6.07, 6.45) is 0. The van der Waals surface area contributed by atoms with Crippen molar-refractivity contribution in [1.82, 2.24) is 0 Å². The molecule has 0 spiro atoms. The number of hydrogen-bond acceptors (Lipinski definition) is 4. The minimum absolute atomic E-state index is 0.0283. The molecule has 1 N–H and O–H groups in total. The van der Waals surface area contributed by atoms with Crippen LogP contribution in [0.4, 0.5) is 20.2 Å². The lowest BCUT2D eigenvalue weighted by Crippen LogP contribution is -2.32. The summed E-state index contributed by atoms with van der Waals surface area (Å²) in [6.45, 7) is 0. The quantitative estimate of drug-likeness (QED) is 0.640. The molecule has 0 bridgehead atoms. The average Bonchev–Trinajstić information content (AvgIpc) is 2.98. The first-order valence-corrected chi connectivity index (χ1v) is 9.04. The third-order valence-electron chi connectivity index (χ3n) is 4.64. The first kappa shape index (κ1) is 19.3. The summed E-state index contributed by atoms with van der Waals surface area (Å²) in [5, 5.41) is 2.87. The number of hydrogen-bond donors (Lipinski definition) is 1. The van der Waals surface area contributed by atoms with Crippen LogP contribution in [0.3, 0.4) is 0 Å². The Bertz CT molecular complexity index is 1170. The minimum Gasteiger partial charge on any atom is -0.496 e. The second-order valence-corrected chi connectivity index (χ2v) is 6.51. The summed E-state index contributed by atoms with van der Waals surface area (Å²) < 4.78 is 32.4. The van der Waals surface area contributed by atoms with Gasteiger partial charge in [-0.15, -0.1) is 0 Å². The van der Waals surface area contributed by atoms with E-state index in [9.17, 15) is 18.4 Å². The highest BCUT2D eigenvalue weighted by molar-refractivity contribution is 6.46. The number of nitrogens with zero attached hydrogens (tertiary/aromatic N) is 1. The number of rotatable bonds is 5. The van der Waals surface area contributed by atoms with Crippen LogP contribution in [0, 0.1) is 11.6 Å². The number of amides is 2. The summed E-state index contributed by atoms with van der Waals surface area (Å²) in [6, 6.07) is 17.3. The molecule has 0 atom stereocenters. The number of imide groups is 1. The lowest BCUT2D eigenvalue weighted by molar-refractivity contribution is -0.120. The zero-order chi connectivity index (χ0) is 21.3. The third kappa shape index (κ3) is 3.41. The van der Waals surface area contributed by atoms with Gasteiger partial charge in [-0.2, -0.15) is 0 Å². The van der Waals surface area contributed by atoms with Crippen molar-refractivity contribution in [1.29, 1.82) is 0 Å². The molecule has 1 heterocycles. The lowest BCUT2D eigenvalue weighted by atomic mass is 10.0. The van der Waals surface area contributed by atoms with Gasteiger partial charge in [0, 0.05) is 11.3 Å². The second-order valence-electron chi connectivity index (χ2n) is 6.51. The summed E-state index contributed by atoms with van der Waals surface area (Å²) in [7, 11) is 1.46. The first-order chi connectivity index (χ1) is 14.5. The molecular weight excluding hydrogens is 390 g/mol. The van der Waals surface area contributed by atoms with E-state index in [1.54, 1.807) is 30.3 Å². The highest BCUT2D eigenvalue weighted by Crippen LogP contribution is 2.37. The van der Waals surface area contributed by atoms with Crippen molar-refractivity contribution in [3.8, 4) is 5.75 Å². The lowest BCUT2D eigenvalue weighted by Gasteiger charge is -2.15. The number of nitrogens with one attached hydrogen (secondary N) is 1. The molecule has 4 rings (SSSR count). The number of carbonyl (C=O) groups excluding carboxylic acids is 2. The van der Waals surface area contributed by atoms with Gasteiger partial charge in [0.25, 0.3) is 11.8 Å². The Balaban J connectivity index is 1.86. The number of halogens is 2. The minimum atomic E-state index is -0.642. The first-order valence-electron chi connectivity index (χ1n) is 9.04. The Morgan fingerprint density at radius 2 is 1.57 bits per heavy atom. The van der Waals surface area contributed by atoms with Crippen molar-refractivity contribution >= 4 is 28.8 Å². The standard InChI is InChI=1S/C23H16F2N2O3/c1-30-19-8-3-2-7-18(19)20-21(26-16-6-4-5-15(25)13-16)23(29)27(22(20)28)17-11-9-14(24)10-12-17/h2-13,26H,1H3. The van der Waals surface area contributed by atoms with Crippen molar-refractivity contribution in [3.63, 3.8) is 0 Å². The molecule has 0 radical (unpaired) electrons. The maximum Gasteiger partial charge on any atom is 0.282 e. The highest BCUT2D eigenvalue weighted by atomic mass is 19.1. The van der Waals surface area contributed by atoms with Crippen LogP contribution in [-0.2, 0) is 9.59 Å². The fourth-order valence-corrected chi connectivity index (χ4v) is 3.28. The Morgan fingerprint density at radius 1 is 0.833 bits per heavy atom. The zero-order valence-corrected chi connectivity index (χ0v) is 15.9. The van der Waals surface area contributed by atoms with E-state index in [1.807, 2.05) is 0 Å². The van der Waals surface area contributed by atoms with Gasteiger partial charge in [0.2, 0.25) is 0 Å². The Morgan fingerprint density at radius 3 is 2.27 bits per heavy atom. The third-order valence-corrected chi connectivity index (χ3v) is 4.64. The number of benzene rings is 3. The molecule has 1 aliphatic rings. The molecule has 7 heteroatoms. The normalized spacial score (nSPS) is 13.8. The summed E-state index contributed by atoms with van der Waals surface area (Å²) in [5.41, 5.74) is 0.974. The van der Waals surface area contributed by atoms with Crippen LogP contribution in [0.5, 0.6) is 5.75 Å². The zero-order valence-electron chi connectivity index (χ0n) is 15.9. The molecule has 0 unspecified atom stereocenters. The number of anilines is 2. The predicted molar refractivity (Wildman–Crippen MR) is 109 cm³/mol. The topological polar surface area (TPSA) is 58.6 Å². The molecule has 0 saturated heterocycles. The largest absolute Gasteiger partial charge is 0.496 e. The molecule has 0 aromatic heterocycles. The Kier molecular flexibility index (Phi) is 5.02. The summed E-state index contributed by atoms with van der Waals surface area (Å²) in [5.74, 6) is -1.83. The Labute approximate surface area is 171 Å². The van der Waals surface area contributed by atoms with E-state index < -0.39 is 23.4 Å². The van der Waals surface area contributed by atoms with Crippen LogP contribution >= 0.6 is 0 Å². The molecule has 0 fully saturated rings. The van der Waals surface area contributed by atoms with Crippen LogP contribution in [-0.4, -0.2) is 18.9 Å². The van der Waals surface area contributed by atoms with Gasteiger partial charge in [-0.05, 0) is 48.5 Å². The van der Waals surface area contributed by atoms with Crippen LogP contribution < -0.4 is 15.0 Å². The second kappa shape index (κ2) is 7.79. The van der Waals surface area contributed by atoms with Gasteiger partial charge in [0.05, 0.1) is 18.4 Å². The van der Waals surface area contributed by atoms with Gasteiger partial charge in [-0.1, -0.05) is 24.3 Å². The molecule has 1 aliphatic heterocycles. The van der Waals surface area contributed by atoms with E-state index in [0.717, 1.165) is 17.0 Å². The fraction of sp³-hybridized carbons (Fsp3) is 0.0435. The van der Waals surface area contributed by atoms with E-state index in [4.69, 9.17) is 4.74 Å². The maximum absolute atomic E-state index is 13.7. The number of carbonyl (C=O) groups is 2. The number of ether oxygens (including phenoxy) is 1. The van der Waals surface area contributed by atoms with Crippen LogP contribution in [0.2, 0.25) is 0 Å². The number of para-hydroxylation sites is 1. The van der Waals surface area contributed by atoms with Crippen molar-refractivity contribution < 1.29 is 23.1 Å². The fourth-order valence-electron chi connectivity index (χ4n) is 3.28. The van der Waals surface area contributed by atoms with Gasteiger partial charge < -0.3 is 10.1 Å². The molecule has 0 aliphatic carbocycles. The Hall–Kier alpha value is -4.00. The smallest absolute Gasteiger partial charge is 0.282 e. The van der Waals surface area contributed by atoms with E-state index in [0.29, 0.717) is 17.0 Å². The van der Waals surface area contributed by atoms with Crippen molar-refractivity contribution in [2.24, 2.45) is 0 Å². The van der Waals surface area contributed by atoms with Gasteiger partial charge >= 0.3 is 0 Å². The molecule has 3 aromatic carbocycles. The maximum atomic E-state index is 13.7. The van der Waals surface area contributed by atoms with E-state index in [2.05, 4.69) is 5.32 Å². The van der Waals surface area contributed by atoms with Gasteiger partial charge in [0.15, 0.2) is 0 Å². The average molecular weight is 406 g/mol. The molecule has 0 saturated carbocycles. The monoisotopic (exact) mass is 406 g/mol. The molecular formula is C23H16F2N2O3. The van der Waals surface area contributed by atoms with Gasteiger partial charge in [0.1, 0.15) is 23.1 Å². The van der Waals surface area contributed by atoms with Crippen molar-refractivity contribution in [2.45, 2.75) is 0 Å². The van der Waals surface area contributed by atoms with Crippen LogP contribution in [0.1, 0.15) is 5.56 Å². The van der Waals surface area contributed by atoms with Gasteiger partial charge in [-0.25, -0.2) is 13.7 Å². The van der Waals surface area contributed by atoms with Crippen molar-refractivity contribution in [3.05, 3.63) is 95.7 Å². The van der Waals surface area contributed by atoms with Crippen molar-refractivity contribution in [2.75, 3.05) is 17.3 Å². The molecule has 150 valence electrons. The molecule has 3 aromatic rings. The highest BCUT2D eigenvalue weighted by Gasteiger charge is 2.41. The van der Waals surface area contributed by atoms with Gasteiger partial charge in [-0.3, -0.25) is 9.59 Å². The van der Waals surface area contributed by atoms with E-state index >= 15 is 0 Å². The van der Waals surface area contributed by atoms with E-state index in [-0.39, 0.29) is 17.0 Å². The van der Waals surface area contributed by atoms with Crippen LogP contribution in [0.15, 0.2) is 78.5 Å². The summed E-state index contributed by atoms with van der Waals surface area (Å²) >= 11 is 0. The molecule has 2 amide bonds. The molecule has 30 heavy (non-hydrogen) atoms. The van der Waals surface area contributed by atoms with Crippen LogP contribution in [0.25, 0.3) is 5.57 Å². The summed E-state index contributed by atoms with van der Waals surface area (Å²) in [4.78, 5) is 27.5. The SMILES string of the molecule is COc1ccccc1C1=C(Nc2cccc(F)c2)C(=O)N(c2ccc(F)cc2)C1=O. The number of methoxy groups -OCH3 is 1. The predicted octanol–water partition coefficient (Wildman–Crippen LogP) is 4.37. The van der Waals surface area contributed by atoms with E-state index in [1.165, 1.54) is 37.4 Å². The molecule has 5 nitrogen and oxygen atoms in total.